The molecule has 186 valence electrons. The lowest BCUT2D eigenvalue weighted by Crippen LogP contribution is -2.14. The van der Waals surface area contributed by atoms with Crippen LogP contribution < -0.4 is 0 Å². The standard InChI is InChI=1S/C30H22ClF3N2O/c31-23-6-3-20(4-7-23)29-30(36-10-9-35-29)22(11-18-12-25(33)16-26(34)13-18)15-27(37)14-21-2-1-19-5-8-24(32)17-28(19)21/h2-10,12-13,16-17,22H,1,11,14-15H2. The number of carbonyl (C=O) groups is 1. The third-order valence-corrected chi connectivity index (χ3v) is 6.74. The number of nitrogens with zero attached hydrogens (tertiary/aromatic N) is 2. The van der Waals surface area contributed by atoms with Crippen molar-refractivity contribution in [1.29, 1.82) is 0 Å². The van der Waals surface area contributed by atoms with Gasteiger partial charge in [-0.25, -0.2) is 13.2 Å². The van der Waals surface area contributed by atoms with Crippen LogP contribution in [-0.4, -0.2) is 15.8 Å². The van der Waals surface area contributed by atoms with Crippen molar-refractivity contribution in [3.05, 3.63) is 124 Å². The van der Waals surface area contributed by atoms with Gasteiger partial charge in [-0.1, -0.05) is 35.9 Å². The molecule has 5 rings (SSSR count). The summed E-state index contributed by atoms with van der Waals surface area (Å²) >= 11 is 6.05. The van der Waals surface area contributed by atoms with Crippen LogP contribution >= 0.6 is 11.6 Å². The summed E-state index contributed by atoms with van der Waals surface area (Å²) in [5.74, 6) is -2.31. The van der Waals surface area contributed by atoms with E-state index in [4.69, 9.17) is 11.6 Å². The summed E-state index contributed by atoms with van der Waals surface area (Å²) in [6.07, 6.45) is 6.07. The average Bonchev–Trinajstić information content (AvgIpc) is 3.25. The number of hydrogen-bond donors (Lipinski definition) is 0. The molecule has 0 spiro atoms. The van der Waals surface area contributed by atoms with Gasteiger partial charge in [0.15, 0.2) is 0 Å². The van der Waals surface area contributed by atoms with Gasteiger partial charge in [0.2, 0.25) is 0 Å². The third kappa shape index (κ3) is 5.81. The van der Waals surface area contributed by atoms with Crippen LogP contribution in [0.15, 0.2) is 79.1 Å². The molecule has 3 nitrogen and oxygen atoms in total. The van der Waals surface area contributed by atoms with E-state index in [2.05, 4.69) is 9.97 Å². The van der Waals surface area contributed by atoms with Gasteiger partial charge >= 0.3 is 0 Å². The Morgan fingerprint density at radius 3 is 2.38 bits per heavy atom. The fourth-order valence-electron chi connectivity index (χ4n) is 4.85. The van der Waals surface area contributed by atoms with E-state index >= 15 is 0 Å². The highest BCUT2D eigenvalue weighted by molar-refractivity contribution is 6.30. The zero-order valence-corrected chi connectivity index (χ0v) is 20.5. The van der Waals surface area contributed by atoms with Crippen molar-refractivity contribution in [2.45, 2.75) is 31.6 Å². The lowest BCUT2D eigenvalue weighted by molar-refractivity contribution is -0.118. The van der Waals surface area contributed by atoms with Gasteiger partial charge < -0.3 is 0 Å². The first-order valence-corrected chi connectivity index (χ1v) is 12.2. The summed E-state index contributed by atoms with van der Waals surface area (Å²) in [5.41, 5.74) is 4.81. The predicted octanol–water partition coefficient (Wildman–Crippen LogP) is 7.53. The molecule has 0 fully saturated rings. The smallest absolute Gasteiger partial charge is 0.137 e. The van der Waals surface area contributed by atoms with E-state index in [1.54, 1.807) is 24.4 Å². The van der Waals surface area contributed by atoms with Crippen molar-refractivity contribution in [2.75, 3.05) is 0 Å². The number of ketones is 1. The number of benzene rings is 3. The van der Waals surface area contributed by atoms with Gasteiger partial charge in [0, 0.05) is 47.8 Å². The molecule has 1 aliphatic rings. The second-order valence-corrected chi connectivity index (χ2v) is 9.57. The molecule has 1 atom stereocenters. The molecule has 0 N–H and O–H groups in total. The second kappa shape index (κ2) is 10.7. The highest BCUT2D eigenvalue weighted by Gasteiger charge is 2.25. The molecule has 0 saturated carbocycles. The maximum absolute atomic E-state index is 14.0. The van der Waals surface area contributed by atoms with Gasteiger partial charge in [0.25, 0.3) is 0 Å². The van der Waals surface area contributed by atoms with E-state index in [1.807, 2.05) is 18.2 Å². The van der Waals surface area contributed by atoms with Crippen molar-refractivity contribution in [2.24, 2.45) is 0 Å². The number of allylic oxidation sites excluding steroid dienone is 2. The minimum absolute atomic E-state index is 0.0689. The molecular formula is C30H22ClF3N2O. The largest absolute Gasteiger partial charge is 0.299 e. The minimum Gasteiger partial charge on any atom is -0.299 e. The van der Waals surface area contributed by atoms with Crippen LogP contribution in [0.1, 0.15) is 41.1 Å². The van der Waals surface area contributed by atoms with Gasteiger partial charge in [0.1, 0.15) is 23.2 Å². The molecular weight excluding hydrogens is 497 g/mol. The van der Waals surface area contributed by atoms with E-state index in [0.717, 1.165) is 28.3 Å². The molecule has 1 aliphatic carbocycles. The Bertz CT molecular complexity index is 1480. The summed E-state index contributed by atoms with van der Waals surface area (Å²) in [6, 6.07) is 15.0. The number of halogens is 4. The summed E-state index contributed by atoms with van der Waals surface area (Å²) in [5, 5.41) is 0.567. The van der Waals surface area contributed by atoms with Gasteiger partial charge in [-0.15, -0.1) is 0 Å². The van der Waals surface area contributed by atoms with Crippen molar-refractivity contribution < 1.29 is 18.0 Å². The molecule has 0 radical (unpaired) electrons. The zero-order chi connectivity index (χ0) is 25.9. The van der Waals surface area contributed by atoms with Crippen LogP contribution in [0.25, 0.3) is 16.8 Å². The van der Waals surface area contributed by atoms with E-state index in [-0.39, 0.29) is 30.9 Å². The van der Waals surface area contributed by atoms with Crippen LogP contribution in [0.3, 0.4) is 0 Å². The van der Waals surface area contributed by atoms with E-state index in [1.165, 1.54) is 30.5 Å². The summed E-state index contributed by atoms with van der Waals surface area (Å²) in [4.78, 5) is 22.4. The van der Waals surface area contributed by atoms with E-state index in [0.29, 0.717) is 28.4 Å². The topological polar surface area (TPSA) is 42.9 Å². The normalized spacial score (nSPS) is 13.2. The second-order valence-electron chi connectivity index (χ2n) is 9.13. The fraction of sp³-hybridized carbons (Fsp3) is 0.167. The monoisotopic (exact) mass is 518 g/mol. The predicted molar refractivity (Wildman–Crippen MR) is 138 cm³/mol. The number of fused-ring (bicyclic) bond motifs is 1. The molecule has 1 unspecified atom stereocenters. The van der Waals surface area contributed by atoms with Crippen molar-refractivity contribution in [3.8, 4) is 11.3 Å². The molecule has 1 heterocycles. The van der Waals surface area contributed by atoms with Crippen LogP contribution in [0.2, 0.25) is 5.02 Å². The van der Waals surface area contributed by atoms with Crippen LogP contribution in [0.5, 0.6) is 0 Å². The molecule has 0 bridgehead atoms. The Hall–Kier alpha value is -3.77. The zero-order valence-electron chi connectivity index (χ0n) is 19.7. The lowest BCUT2D eigenvalue weighted by atomic mass is 9.87. The maximum Gasteiger partial charge on any atom is 0.137 e. The number of rotatable bonds is 8. The molecule has 1 aromatic heterocycles. The first-order valence-electron chi connectivity index (χ1n) is 11.9. The van der Waals surface area contributed by atoms with Crippen LogP contribution in [-0.2, 0) is 17.6 Å². The first-order chi connectivity index (χ1) is 17.9. The van der Waals surface area contributed by atoms with Crippen molar-refractivity contribution in [1.82, 2.24) is 9.97 Å². The highest BCUT2D eigenvalue weighted by atomic mass is 35.5. The van der Waals surface area contributed by atoms with Crippen LogP contribution in [0.4, 0.5) is 13.2 Å². The Morgan fingerprint density at radius 2 is 1.62 bits per heavy atom. The number of hydrogen-bond acceptors (Lipinski definition) is 3. The van der Waals surface area contributed by atoms with Gasteiger partial charge in [-0.3, -0.25) is 14.8 Å². The van der Waals surface area contributed by atoms with Crippen LogP contribution in [0, 0.1) is 17.5 Å². The summed E-state index contributed by atoms with van der Waals surface area (Å²) < 4.78 is 41.8. The van der Waals surface area contributed by atoms with E-state index < -0.39 is 17.6 Å². The SMILES string of the molecule is O=C(CC1=CCc2ccc(F)cc21)CC(Cc1cc(F)cc(F)c1)c1nccnc1-c1ccc(Cl)cc1. The van der Waals surface area contributed by atoms with Crippen molar-refractivity contribution in [3.63, 3.8) is 0 Å². The molecule has 0 amide bonds. The quantitative estimate of drug-likeness (QED) is 0.242. The fourth-order valence-corrected chi connectivity index (χ4v) is 4.98. The Morgan fingerprint density at radius 1 is 0.892 bits per heavy atom. The Kier molecular flexibility index (Phi) is 7.19. The molecule has 3 aromatic carbocycles. The van der Waals surface area contributed by atoms with Gasteiger partial charge in [-0.2, -0.15) is 0 Å². The average molecular weight is 519 g/mol. The molecule has 37 heavy (non-hydrogen) atoms. The maximum atomic E-state index is 14.0. The minimum atomic E-state index is -0.688. The van der Waals surface area contributed by atoms with Gasteiger partial charge in [0.05, 0.1) is 11.4 Å². The van der Waals surface area contributed by atoms with E-state index in [9.17, 15) is 18.0 Å². The first kappa shape index (κ1) is 24.9. The molecule has 0 saturated heterocycles. The highest BCUT2D eigenvalue weighted by Crippen LogP contribution is 2.35. The molecule has 4 aromatic rings. The summed E-state index contributed by atoms with van der Waals surface area (Å²) in [6.45, 7) is 0. The summed E-state index contributed by atoms with van der Waals surface area (Å²) in [7, 11) is 0. The lowest BCUT2D eigenvalue weighted by Gasteiger charge is -2.19. The molecule has 0 aliphatic heterocycles. The van der Waals surface area contributed by atoms with Gasteiger partial charge in [-0.05, 0) is 71.5 Å². The number of Topliss-reactive ketones (excluding diaryl/α,β-unsaturated/α-hetero) is 1. The van der Waals surface area contributed by atoms with Crippen molar-refractivity contribution >= 4 is 23.0 Å². The Balaban J connectivity index is 1.47. The Labute approximate surface area is 217 Å². The third-order valence-electron chi connectivity index (χ3n) is 6.48. The number of aromatic nitrogens is 2. The molecule has 7 heteroatoms. The number of carbonyl (C=O) groups excluding carboxylic acids is 1.